The van der Waals surface area contributed by atoms with Gasteiger partial charge in [0.1, 0.15) is 6.20 Å². The highest BCUT2D eigenvalue weighted by Gasteiger charge is 2.35. The predicted octanol–water partition coefficient (Wildman–Crippen LogP) is 2.58. The summed E-state index contributed by atoms with van der Waals surface area (Å²) in [6, 6.07) is 0.580. The maximum Gasteiger partial charge on any atom is 0.329 e. The molecule has 2 unspecified atom stereocenters. The maximum atomic E-state index is 11.2. The van der Waals surface area contributed by atoms with E-state index in [0.29, 0.717) is 24.4 Å². The van der Waals surface area contributed by atoms with Crippen molar-refractivity contribution in [2.45, 2.75) is 52.1 Å². The van der Waals surface area contributed by atoms with Crippen LogP contribution in [0.25, 0.3) is 0 Å². The van der Waals surface area contributed by atoms with Crippen LogP contribution in [0.4, 0.5) is 17.5 Å². The Balaban J connectivity index is 2.45. The molecule has 2 atom stereocenters. The molecule has 7 nitrogen and oxygen atoms in total. The lowest BCUT2D eigenvalue weighted by Crippen LogP contribution is -2.35. The molecule has 1 saturated heterocycles. The van der Waals surface area contributed by atoms with Crippen LogP contribution in [0.5, 0.6) is 0 Å². The van der Waals surface area contributed by atoms with Gasteiger partial charge in [-0.05, 0) is 33.1 Å². The largest absolute Gasteiger partial charge is 0.354 e. The zero-order valence-corrected chi connectivity index (χ0v) is 12.2. The van der Waals surface area contributed by atoms with Crippen molar-refractivity contribution in [2.24, 2.45) is 0 Å². The molecule has 0 aromatic carbocycles. The molecule has 0 amide bonds. The van der Waals surface area contributed by atoms with E-state index in [1.165, 1.54) is 6.20 Å². The predicted molar refractivity (Wildman–Crippen MR) is 78.1 cm³/mol. The highest BCUT2D eigenvalue weighted by atomic mass is 16.6. The van der Waals surface area contributed by atoms with E-state index in [9.17, 15) is 10.1 Å². The van der Waals surface area contributed by atoms with Crippen LogP contribution < -0.4 is 10.2 Å². The van der Waals surface area contributed by atoms with Gasteiger partial charge in [0, 0.05) is 18.6 Å². The second-order valence-corrected chi connectivity index (χ2v) is 5.09. The quantitative estimate of drug-likeness (QED) is 0.658. The number of aromatic nitrogens is 2. The molecule has 1 aliphatic heterocycles. The van der Waals surface area contributed by atoms with Gasteiger partial charge in [0.25, 0.3) is 0 Å². The summed E-state index contributed by atoms with van der Waals surface area (Å²) in [7, 11) is 0. The number of anilines is 2. The van der Waals surface area contributed by atoms with E-state index in [4.69, 9.17) is 0 Å². The molecule has 1 N–H and O–H groups in total. The molecule has 0 spiro atoms. The molecule has 1 aromatic heterocycles. The van der Waals surface area contributed by atoms with Crippen molar-refractivity contribution in [3.8, 4) is 0 Å². The van der Waals surface area contributed by atoms with Crippen molar-refractivity contribution in [1.29, 1.82) is 0 Å². The second-order valence-electron chi connectivity index (χ2n) is 5.09. The van der Waals surface area contributed by atoms with Crippen LogP contribution in [0.2, 0.25) is 0 Å². The molecule has 1 aromatic rings. The van der Waals surface area contributed by atoms with Crippen LogP contribution in [-0.4, -0.2) is 33.5 Å². The molecular weight excluding hydrogens is 258 g/mol. The molecule has 0 radical (unpaired) electrons. The molecule has 0 bridgehead atoms. The minimum atomic E-state index is -0.400. The summed E-state index contributed by atoms with van der Waals surface area (Å²) in [6.07, 6.45) is 4.35. The third kappa shape index (κ3) is 2.66. The van der Waals surface area contributed by atoms with Gasteiger partial charge in [-0.3, -0.25) is 10.1 Å². The Morgan fingerprint density at radius 3 is 2.85 bits per heavy atom. The first-order chi connectivity index (χ1) is 9.58. The lowest BCUT2D eigenvalue weighted by atomic mass is 10.1. The van der Waals surface area contributed by atoms with Crippen LogP contribution in [0.15, 0.2) is 6.20 Å². The average molecular weight is 279 g/mol. The van der Waals surface area contributed by atoms with Crippen molar-refractivity contribution in [2.75, 3.05) is 16.8 Å². The number of nitrogens with one attached hydrogen (secondary N) is 1. The third-order valence-corrected chi connectivity index (χ3v) is 3.78. The van der Waals surface area contributed by atoms with Gasteiger partial charge in [-0.25, -0.2) is 4.98 Å². The van der Waals surface area contributed by atoms with E-state index in [-0.39, 0.29) is 11.7 Å². The van der Waals surface area contributed by atoms with Crippen LogP contribution >= 0.6 is 0 Å². The molecule has 110 valence electrons. The minimum Gasteiger partial charge on any atom is -0.354 e. The van der Waals surface area contributed by atoms with Crippen molar-refractivity contribution >= 4 is 17.5 Å². The van der Waals surface area contributed by atoms with Gasteiger partial charge in [-0.15, -0.1) is 0 Å². The summed E-state index contributed by atoms with van der Waals surface area (Å²) in [6.45, 7) is 6.82. The van der Waals surface area contributed by atoms with Gasteiger partial charge in [-0.2, -0.15) is 4.98 Å². The Hall–Kier alpha value is -1.92. The van der Waals surface area contributed by atoms with E-state index in [0.717, 1.165) is 19.3 Å². The Morgan fingerprint density at radius 1 is 1.50 bits per heavy atom. The fraction of sp³-hybridized carbons (Fsp3) is 0.692. The van der Waals surface area contributed by atoms with E-state index in [2.05, 4.69) is 34.0 Å². The minimum absolute atomic E-state index is 0.0150. The van der Waals surface area contributed by atoms with Gasteiger partial charge >= 0.3 is 5.69 Å². The maximum absolute atomic E-state index is 11.2. The lowest BCUT2D eigenvalue weighted by Gasteiger charge is -2.28. The number of nitrogens with zero attached hydrogens (tertiary/aromatic N) is 4. The second kappa shape index (κ2) is 6.02. The molecular formula is C13H21N5O2. The zero-order chi connectivity index (χ0) is 14.7. The third-order valence-electron chi connectivity index (χ3n) is 3.78. The SMILES string of the molecule is CCNc1ncc([N+](=O)[O-])c(N2C(C)CCC2CC)n1. The van der Waals surface area contributed by atoms with Gasteiger partial charge in [0.15, 0.2) is 0 Å². The fourth-order valence-corrected chi connectivity index (χ4v) is 2.78. The molecule has 2 rings (SSSR count). The summed E-state index contributed by atoms with van der Waals surface area (Å²) >= 11 is 0. The topological polar surface area (TPSA) is 84.2 Å². The first-order valence-corrected chi connectivity index (χ1v) is 7.12. The molecule has 2 heterocycles. The molecule has 7 heteroatoms. The average Bonchev–Trinajstić information content (AvgIpc) is 2.79. The first kappa shape index (κ1) is 14.5. The zero-order valence-electron chi connectivity index (χ0n) is 12.2. The van der Waals surface area contributed by atoms with Crippen molar-refractivity contribution in [1.82, 2.24) is 9.97 Å². The normalized spacial score (nSPS) is 22.1. The Kier molecular flexibility index (Phi) is 4.36. The van der Waals surface area contributed by atoms with Crippen molar-refractivity contribution < 1.29 is 4.92 Å². The number of rotatable bonds is 5. The summed E-state index contributed by atoms with van der Waals surface area (Å²) in [5.41, 5.74) is -0.0150. The Bertz CT molecular complexity index is 494. The van der Waals surface area contributed by atoms with E-state index in [1.807, 2.05) is 6.92 Å². The molecule has 1 aliphatic rings. The first-order valence-electron chi connectivity index (χ1n) is 7.12. The van der Waals surface area contributed by atoms with E-state index < -0.39 is 4.92 Å². The van der Waals surface area contributed by atoms with Gasteiger partial charge in [0.05, 0.1) is 4.92 Å². The highest BCUT2D eigenvalue weighted by molar-refractivity contribution is 5.60. The number of hydrogen-bond acceptors (Lipinski definition) is 6. The molecule has 1 fully saturated rings. The van der Waals surface area contributed by atoms with E-state index in [1.54, 1.807) is 0 Å². The summed E-state index contributed by atoms with van der Waals surface area (Å²) < 4.78 is 0. The molecule has 20 heavy (non-hydrogen) atoms. The smallest absolute Gasteiger partial charge is 0.329 e. The summed E-state index contributed by atoms with van der Waals surface area (Å²) in [5, 5.41) is 14.2. The van der Waals surface area contributed by atoms with Crippen LogP contribution in [0, 0.1) is 10.1 Å². The van der Waals surface area contributed by atoms with Crippen LogP contribution in [-0.2, 0) is 0 Å². The van der Waals surface area contributed by atoms with Crippen molar-refractivity contribution in [3.63, 3.8) is 0 Å². The van der Waals surface area contributed by atoms with E-state index >= 15 is 0 Å². The number of nitro groups is 1. The van der Waals surface area contributed by atoms with Crippen molar-refractivity contribution in [3.05, 3.63) is 16.3 Å². The summed E-state index contributed by atoms with van der Waals surface area (Å²) in [5.74, 6) is 0.889. The van der Waals surface area contributed by atoms with Gasteiger partial charge < -0.3 is 10.2 Å². The molecule has 0 saturated carbocycles. The Labute approximate surface area is 118 Å². The van der Waals surface area contributed by atoms with Crippen LogP contribution in [0.1, 0.15) is 40.0 Å². The van der Waals surface area contributed by atoms with Crippen LogP contribution in [0.3, 0.4) is 0 Å². The summed E-state index contributed by atoms with van der Waals surface area (Å²) in [4.78, 5) is 21.3. The fourth-order valence-electron chi connectivity index (χ4n) is 2.78. The Morgan fingerprint density at radius 2 is 2.25 bits per heavy atom. The van der Waals surface area contributed by atoms with Gasteiger partial charge in [0.2, 0.25) is 11.8 Å². The number of hydrogen-bond donors (Lipinski definition) is 1. The van der Waals surface area contributed by atoms with Gasteiger partial charge in [-0.1, -0.05) is 6.92 Å². The molecule has 0 aliphatic carbocycles. The lowest BCUT2D eigenvalue weighted by molar-refractivity contribution is -0.384. The monoisotopic (exact) mass is 279 g/mol. The highest BCUT2D eigenvalue weighted by Crippen LogP contribution is 2.36. The standard InChI is InChI=1S/C13H21N5O2/c1-4-10-7-6-9(3)17(10)12-11(18(19)20)8-15-13(16-12)14-5-2/h8-10H,4-7H2,1-3H3,(H,14,15,16).